The second kappa shape index (κ2) is 5.46. The zero-order valence-corrected chi connectivity index (χ0v) is 11.6. The van der Waals surface area contributed by atoms with E-state index in [2.05, 4.69) is 27.2 Å². The highest BCUT2D eigenvalue weighted by molar-refractivity contribution is 5.60. The van der Waals surface area contributed by atoms with Crippen molar-refractivity contribution < 1.29 is 0 Å². The van der Waals surface area contributed by atoms with Crippen LogP contribution in [0.25, 0.3) is 11.4 Å². The molecule has 20 heavy (non-hydrogen) atoms. The van der Waals surface area contributed by atoms with Crippen molar-refractivity contribution >= 4 is 11.6 Å². The van der Waals surface area contributed by atoms with E-state index in [0.717, 1.165) is 30.9 Å². The van der Waals surface area contributed by atoms with E-state index in [0.29, 0.717) is 17.7 Å². The summed E-state index contributed by atoms with van der Waals surface area (Å²) >= 11 is 0. The third-order valence-electron chi connectivity index (χ3n) is 3.52. The zero-order valence-electron chi connectivity index (χ0n) is 11.6. The minimum absolute atomic E-state index is 0.429. The molecule has 1 atom stereocenters. The SMILES string of the molecule is CN1CCC(Nc2cc(N)nc(-c3ccccc3)n2)C1. The van der Waals surface area contributed by atoms with E-state index in [4.69, 9.17) is 5.73 Å². The van der Waals surface area contributed by atoms with Crippen molar-refractivity contribution in [3.05, 3.63) is 36.4 Å². The molecular weight excluding hydrogens is 250 g/mol. The van der Waals surface area contributed by atoms with E-state index >= 15 is 0 Å². The van der Waals surface area contributed by atoms with Crippen molar-refractivity contribution in [2.75, 3.05) is 31.2 Å². The highest BCUT2D eigenvalue weighted by Gasteiger charge is 2.19. The molecule has 2 heterocycles. The number of hydrogen-bond acceptors (Lipinski definition) is 5. The Kier molecular flexibility index (Phi) is 3.52. The molecule has 0 bridgehead atoms. The molecule has 1 unspecified atom stereocenters. The molecule has 5 heteroatoms. The first-order chi connectivity index (χ1) is 9.70. The van der Waals surface area contributed by atoms with Gasteiger partial charge in [0.05, 0.1) is 0 Å². The van der Waals surface area contributed by atoms with Crippen LogP contribution in [0.15, 0.2) is 36.4 Å². The lowest BCUT2D eigenvalue weighted by Gasteiger charge is -2.14. The van der Waals surface area contributed by atoms with Gasteiger partial charge in [-0.25, -0.2) is 9.97 Å². The third kappa shape index (κ3) is 2.88. The molecule has 1 aliphatic rings. The first-order valence-electron chi connectivity index (χ1n) is 6.86. The summed E-state index contributed by atoms with van der Waals surface area (Å²) in [6, 6.07) is 12.1. The Morgan fingerprint density at radius 1 is 1.25 bits per heavy atom. The van der Waals surface area contributed by atoms with Crippen LogP contribution >= 0.6 is 0 Å². The number of anilines is 2. The second-order valence-electron chi connectivity index (χ2n) is 5.26. The number of nitrogens with two attached hydrogens (primary N) is 1. The lowest BCUT2D eigenvalue weighted by Crippen LogP contribution is -2.24. The van der Waals surface area contributed by atoms with Gasteiger partial charge in [-0.1, -0.05) is 30.3 Å². The van der Waals surface area contributed by atoms with Gasteiger partial charge in [0.15, 0.2) is 5.82 Å². The summed E-state index contributed by atoms with van der Waals surface area (Å²) in [5.74, 6) is 1.96. The van der Waals surface area contributed by atoms with Crippen LogP contribution in [0.3, 0.4) is 0 Å². The molecule has 0 radical (unpaired) electrons. The maximum atomic E-state index is 5.90. The van der Waals surface area contributed by atoms with Gasteiger partial charge < -0.3 is 16.0 Å². The zero-order chi connectivity index (χ0) is 13.9. The summed E-state index contributed by atoms with van der Waals surface area (Å²) in [6.07, 6.45) is 1.13. The smallest absolute Gasteiger partial charge is 0.163 e. The highest BCUT2D eigenvalue weighted by Crippen LogP contribution is 2.20. The maximum absolute atomic E-state index is 5.90. The number of hydrogen-bond donors (Lipinski definition) is 2. The molecule has 0 aliphatic carbocycles. The quantitative estimate of drug-likeness (QED) is 0.890. The van der Waals surface area contributed by atoms with E-state index in [1.165, 1.54) is 0 Å². The van der Waals surface area contributed by atoms with Gasteiger partial charge in [0.2, 0.25) is 0 Å². The van der Waals surface area contributed by atoms with Crippen molar-refractivity contribution in [3.8, 4) is 11.4 Å². The molecule has 0 amide bonds. The van der Waals surface area contributed by atoms with Gasteiger partial charge in [0.25, 0.3) is 0 Å². The number of aromatic nitrogens is 2. The fourth-order valence-corrected chi connectivity index (χ4v) is 2.52. The fourth-order valence-electron chi connectivity index (χ4n) is 2.52. The van der Waals surface area contributed by atoms with E-state index in [-0.39, 0.29) is 0 Å². The number of likely N-dealkylation sites (N-methyl/N-ethyl adjacent to an activating group) is 1. The molecular formula is C15H19N5. The lowest BCUT2D eigenvalue weighted by molar-refractivity contribution is 0.414. The normalized spacial score (nSPS) is 19.1. The Morgan fingerprint density at radius 2 is 2.05 bits per heavy atom. The van der Waals surface area contributed by atoms with Gasteiger partial charge in [0.1, 0.15) is 11.6 Å². The second-order valence-corrected chi connectivity index (χ2v) is 5.26. The Hall–Kier alpha value is -2.14. The minimum atomic E-state index is 0.429. The maximum Gasteiger partial charge on any atom is 0.163 e. The van der Waals surface area contributed by atoms with Gasteiger partial charge in [-0.3, -0.25) is 0 Å². The predicted octanol–water partition coefficient (Wildman–Crippen LogP) is 1.84. The van der Waals surface area contributed by atoms with E-state index in [9.17, 15) is 0 Å². The van der Waals surface area contributed by atoms with E-state index in [1.807, 2.05) is 30.3 Å². The van der Waals surface area contributed by atoms with Crippen molar-refractivity contribution in [3.63, 3.8) is 0 Å². The van der Waals surface area contributed by atoms with Gasteiger partial charge in [-0.05, 0) is 20.0 Å². The lowest BCUT2D eigenvalue weighted by atomic mass is 10.2. The molecule has 104 valence electrons. The largest absolute Gasteiger partial charge is 0.384 e. The number of nitrogens with zero attached hydrogens (tertiary/aromatic N) is 3. The Labute approximate surface area is 118 Å². The van der Waals surface area contributed by atoms with Crippen LogP contribution < -0.4 is 11.1 Å². The third-order valence-corrected chi connectivity index (χ3v) is 3.52. The van der Waals surface area contributed by atoms with Crippen LogP contribution in [-0.2, 0) is 0 Å². The van der Waals surface area contributed by atoms with Gasteiger partial charge in [-0.2, -0.15) is 0 Å². The van der Waals surface area contributed by atoms with E-state index < -0.39 is 0 Å². The van der Waals surface area contributed by atoms with Gasteiger partial charge >= 0.3 is 0 Å². The molecule has 1 aromatic carbocycles. The predicted molar refractivity (Wildman–Crippen MR) is 81.4 cm³/mol. The molecule has 1 saturated heterocycles. The number of nitrogens with one attached hydrogen (secondary N) is 1. The molecule has 1 aromatic heterocycles. The average molecular weight is 269 g/mol. The van der Waals surface area contributed by atoms with Crippen molar-refractivity contribution in [2.45, 2.75) is 12.5 Å². The van der Waals surface area contributed by atoms with Crippen LogP contribution in [0.1, 0.15) is 6.42 Å². The molecule has 3 rings (SSSR count). The highest BCUT2D eigenvalue weighted by atomic mass is 15.2. The summed E-state index contributed by atoms with van der Waals surface area (Å²) in [6.45, 7) is 2.15. The molecule has 3 N–H and O–H groups in total. The number of likely N-dealkylation sites (tertiary alicyclic amines) is 1. The average Bonchev–Trinajstić information content (AvgIpc) is 2.84. The Balaban J connectivity index is 1.83. The molecule has 1 aliphatic heterocycles. The number of rotatable bonds is 3. The fraction of sp³-hybridized carbons (Fsp3) is 0.333. The first-order valence-corrected chi connectivity index (χ1v) is 6.86. The van der Waals surface area contributed by atoms with Crippen LogP contribution in [-0.4, -0.2) is 41.0 Å². The molecule has 2 aromatic rings. The Morgan fingerprint density at radius 3 is 2.75 bits per heavy atom. The standard InChI is InChI=1S/C15H19N5/c1-20-8-7-12(10-20)17-14-9-13(16)18-15(19-14)11-5-3-2-4-6-11/h2-6,9,12H,7-8,10H2,1H3,(H3,16,17,18,19). The Bertz CT molecular complexity index is 584. The summed E-state index contributed by atoms with van der Waals surface area (Å²) in [5.41, 5.74) is 6.87. The summed E-state index contributed by atoms with van der Waals surface area (Å²) < 4.78 is 0. The molecule has 0 spiro atoms. The van der Waals surface area contributed by atoms with Crippen LogP contribution in [0.4, 0.5) is 11.6 Å². The van der Waals surface area contributed by atoms with Crippen LogP contribution in [0.2, 0.25) is 0 Å². The topological polar surface area (TPSA) is 67.1 Å². The molecule has 5 nitrogen and oxygen atoms in total. The summed E-state index contributed by atoms with van der Waals surface area (Å²) in [5, 5.41) is 3.45. The van der Waals surface area contributed by atoms with Crippen LogP contribution in [0.5, 0.6) is 0 Å². The number of nitrogen functional groups attached to an aromatic ring is 1. The van der Waals surface area contributed by atoms with Crippen molar-refractivity contribution in [1.82, 2.24) is 14.9 Å². The van der Waals surface area contributed by atoms with Crippen molar-refractivity contribution in [2.24, 2.45) is 0 Å². The number of benzene rings is 1. The summed E-state index contributed by atoms with van der Waals surface area (Å²) in [7, 11) is 2.13. The first kappa shape index (κ1) is 12.9. The monoisotopic (exact) mass is 269 g/mol. The van der Waals surface area contributed by atoms with Crippen molar-refractivity contribution in [1.29, 1.82) is 0 Å². The van der Waals surface area contributed by atoms with E-state index in [1.54, 1.807) is 6.07 Å². The molecule has 1 fully saturated rings. The van der Waals surface area contributed by atoms with Crippen LogP contribution in [0, 0.1) is 0 Å². The molecule has 0 saturated carbocycles. The van der Waals surface area contributed by atoms with Gasteiger partial charge in [0, 0.05) is 24.2 Å². The minimum Gasteiger partial charge on any atom is -0.384 e. The van der Waals surface area contributed by atoms with Gasteiger partial charge in [-0.15, -0.1) is 0 Å². The summed E-state index contributed by atoms with van der Waals surface area (Å²) in [4.78, 5) is 11.2.